The van der Waals surface area contributed by atoms with Crippen molar-refractivity contribution in [3.63, 3.8) is 0 Å². The fraction of sp³-hybridized carbons (Fsp3) is 0.211. The summed E-state index contributed by atoms with van der Waals surface area (Å²) in [5.74, 6) is 2.56. The Hall–Kier alpha value is -3.15. The molecular weight excluding hydrogens is 318 g/mol. The lowest BCUT2D eigenvalue weighted by Crippen LogP contribution is -1.99. The third-order valence-electron chi connectivity index (χ3n) is 3.86. The average Bonchev–Trinajstić information content (AvgIpc) is 2.64. The van der Waals surface area contributed by atoms with E-state index in [0.29, 0.717) is 17.4 Å². The van der Waals surface area contributed by atoms with E-state index >= 15 is 0 Å². The van der Waals surface area contributed by atoms with Crippen LogP contribution in [0.15, 0.2) is 42.9 Å². The molecule has 6 nitrogen and oxygen atoms in total. The molecule has 25 heavy (non-hydrogen) atoms. The Bertz CT molecular complexity index is 897. The van der Waals surface area contributed by atoms with Crippen LogP contribution in [0.4, 0.5) is 0 Å². The summed E-state index contributed by atoms with van der Waals surface area (Å²) in [7, 11) is 3.25. The molecule has 0 aliphatic heterocycles. The van der Waals surface area contributed by atoms with Gasteiger partial charge in [0.1, 0.15) is 17.8 Å². The third-order valence-corrected chi connectivity index (χ3v) is 3.86. The number of methoxy groups -OCH3 is 2. The summed E-state index contributed by atoms with van der Waals surface area (Å²) in [6.07, 6.45) is 3.20. The molecule has 2 aromatic heterocycles. The van der Waals surface area contributed by atoms with Crippen molar-refractivity contribution in [3.8, 4) is 34.4 Å². The van der Waals surface area contributed by atoms with Gasteiger partial charge in [-0.05, 0) is 44.2 Å². The lowest BCUT2D eigenvalue weighted by Gasteiger charge is -2.14. The van der Waals surface area contributed by atoms with Gasteiger partial charge in [-0.25, -0.2) is 9.97 Å². The van der Waals surface area contributed by atoms with Crippen molar-refractivity contribution in [1.29, 1.82) is 0 Å². The molecule has 3 rings (SSSR count). The highest BCUT2D eigenvalue weighted by atomic mass is 16.5. The number of hydrogen-bond acceptors (Lipinski definition) is 6. The molecule has 0 amide bonds. The molecule has 6 heteroatoms. The van der Waals surface area contributed by atoms with Crippen LogP contribution < -0.4 is 14.2 Å². The number of nitrogens with zero attached hydrogens (tertiary/aromatic N) is 3. The van der Waals surface area contributed by atoms with E-state index < -0.39 is 0 Å². The normalized spacial score (nSPS) is 10.4. The second-order valence-electron chi connectivity index (χ2n) is 5.41. The van der Waals surface area contributed by atoms with E-state index in [1.54, 1.807) is 20.4 Å². The molecule has 0 saturated carbocycles. The first-order chi connectivity index (χ1) is 12.1. The standard InChI is InChI=1S/C19H19N3O3/c1-12-18(15-10-14(23-3)7-8-17(15)24-4)21-11-22-19(12)25-16-6-5-9-20-13(16)2/h5-11H,1-4H3. The minimum Gasteiger partial charge on any atom is -0.497 e. The van der Waals surface area contributed by atoms with Gasteiger partial charge in [0.15, 0.2) is 5.75 Å². The molecule has 1 aromatic carbocycles. The van der Waals surface area contributed by atoms with Crippen molar-refractivity contribution in [2.45, 2.75) is 13.8 Å². The molecule has 0 N–H and O–H groups in total. The fourth-order valence-electron chi connectivity index (χ4n) is 2.49. The molecule has 0 aliphatic carbocycles. The predicted molar refractivity (Wildman–Crippen MR) is 94.4 cm³/mol. The Labute approximate surface area is 146 Å². The van der Waals surface area contributed by atoms with E-state index in [4.69, 9.17) is 14.2 Å². The van der Waals surface area contributed by atoms with Gasteiger partial charge in [0, 0.05) is 17.3 Å². The van der Waals surface area contributed by atoms with Crippen LogP contribution in [0.5, 0.6) is 23.1 Å². The fourth-order valence-corrected chi connectivity index (χ4v) is 2.49. The van der Waals surface area contributed by atoms with Crippen molar-refractivity contribution in [2.24, 2.45) is 0 Å². The molecule has 0 radical (unpaired) electrons. The van der Waals surface area contributed by atoms with Crippen molar-refractivity contribution >= 4 is 0 Å². The Morgan fingerprint density at radius 1 is 0.880 bits per heavy atom. The molecule has 0 aliphatic rings. The summed E-state index contributed by atoms with van der Waals surface area (Å²) < 4.78 is 16.7. The van der Waals surface area contributed by atoms with E-state index in [-0.39, 0.29) is 0 Å². The number of benzene rings is 1. The monoisotopic (exact) mass is 337 g/mol. The second kappa shape index (κ2) is 7.17. The Morgan fingerprint density at radius 3 is 2.44 bits per heavy atom. The van der Waals surface area contributed by atoms with Crippen LogP contribution in [-0.4, -0.2) is 29.2 Å². The first kappa shape index (κ1) is 16.7. The van der Waals surface area contributed by atoms with Crippen LogP contribution in [0.1, 0.15) is 11.3 Å². The molecule has 0 unspecified atom stereocenters. The van der Waals surface area contributed by atoms with Crippen LogP contribution in [0.25, 0.3) is 11.3 Å². The van der Waals surface area contributed by atoms with Crippen LogP contribution in [0.2, 0.25) is 0 Å². The molecule has 0 fully saturated rings. The lowest BCUT2D eigenvalue weighted by molar-refractivity contribution is 0.404. The Balaban J connectivity index is 2.06. The second-order valence-corrected chi connectivity index (χ2v) is 5.41. The molecular formula is C19H19N3O3. The van der Waals surface area contributed by atoms with Crippen LogP contribution >= 0.6 is 0 Å². The summed E-state index contributed by atoms with van der Waals surface area (Å²) in [6, 6.07) is 9.25. The van der Waals surface area contributed by atoms with Crippen molar-refractivity contribution < 1.29 is 14.2 Å². The summed E-state index contributed by atoms with van der Waals surface area (Å²) in [5.41, 5.74) is 3.13. The quantitative estimate of drug-likeness (QED) is 0.702. The molecule has 0 atom stereocenters. The van der Waals surface area contributed by atoms with Gasteiger partial charge in [-0.1, -0.05) is 0 Å². The van der Waals surface area contributed by atoms with Gasteiger partial charge in [0.2, 0.25) is 5.88 Å². The highest BCUT2D eigenvalue weighted by Crippen LogP contribution is 2.36. The Morgan fingerprint density at radius 2 is 1.72 bits per heavy atom. The van der Waals surface area contributed by atoms with Gasteiger partial charge in [0.05, 0.1) is 25.6 Å². The van der Waals surface area contributed by atoms with Crippen LogP contribution in [0, 0.1) is 13.8 Å². The van der Waals surface area contributed by atoms with Crippen molar-refractivity contribution in [3.05, 3.63) is 54.1 Å². The van der Waals surface area contributed by atoms with Gasteiger partial charge < -0.3 is 14.2 Å². The average molecular weight is 337 g/mol. The number of aromatic nitrogens is 3. The third kappa shape index (κ3) is 3.38. The number of rotatable bonds is 5. The van der Waals surface area contributed by atoms with E-state index in [0.717, 1.165) is 28.3 Å². The maximum absolute atomic E-state index is 5.95. The zero-order valence-electron chi connectivity index (χ0n) is 14.6. The minimum absolute atomic E-state index is 0.478. The number of hydrogen-bond donors (Lipinski definition) is 0. The van der Waals surface area contributed by atoms with Crippen LogP contribution in [-0.2, 0) is 0 Å². The molecule has 3 aromatic rings. The van der Waals surface area contributed by atoms with E-state index in [2.05, 4.69) is 15.0 Å². The van der Waals surface area contributed by atoms with Gasteiger partial charge >= 0.3 is 0 Å². The van der Waals surface area contributed by atoms with Gasteiger partial charge in [0.25, 0.3) is 0 Å². The van der Waals surface area contributed by atoms with Crippen LogP contribution in [0.3, 0.4) is 0 Å². The molecule has 0 saturated heterocycles. The zero-order chi connectivity index (χ0) is 17.8. The zero-order valence-corrected chi connectivity index (χ0v) is 14.6. The molecule has 0 spiro atoms. The lowest BCUT2D eigenvalue weighted by atomic mass is 10.1. The first-order valence-electron chi connectivity index (χ1n) is 7.77. The molecule has 128 valence electrons. The number of aryl methyl sites for hydroxylation is 1. The smallest absolute Gasteiger partial charge is 0.225 e. The van der Waals surface area contributed by atoms with Gasteiger partial charge in [-0.3, -0.25) is 4.98 Å². The predicted octanol–water partition coefficient (Wildman–Crippen LogP) is 3.96. The van der Waals surface area contributed by atoms with E-state index in [1.165, 1.54) is 6.33 Å². The maximum atomic E-state index is 5.95. The number of ether oxygens (including phenoxy) is 3. The first-order valence-corrected chi connectivity index (χ1v) is 7.77. The summed E-state index contributed by atoms with van der Waals surface area (Å²) in [5, 5.41) is 0. The summed E-state index contributed by atoms with van der Waals surface area (Å²) in [4.78, 5) is 12.9. The van der Waals surface area contributed by atoms with Crippen molar-refractivity contribution in [1.82, 2.24) is 15.0 Å². The van der Waals surface area contributed by atoms with Gasteiger partial charge in [-0.2, -0.15) is 0 Å². The number of pyridine rings is 1. The highest BCUT2D eigenvalue weighted by Gasteiger charge is 2.16. The molecule has 0 bridgehead atoms. The van der Waals surface area contributed by atoms with E-state index in [1.807, 2.05) is 44.2 Å². The molecule has 2 heterocycles. The van der Waals surface area contributed by atoms with Crippen molar-refractivity contribution in [2.75, 3.05) is 14.2 Å². The summed E-state index contributed by atoms with van der Waals surface area (Å²) >= 11 is 0. The highest BCUT2D eigenvalue weighted by molar-refractivity contribution is 5.72. The Kier molecular flexibility index (Phi) is 4.79. The van der Waals surface area contributed by atoms with E-state index in [9.17, 15) is 0 Å². The maximum Gasteiger partial charge on any atom is 0.225 e. The topological polar surface area (TPSA) is 66.4 Å². The largest absolute Gasteiger partial charge is 0.497 e. The van der Waals surface area contributed by atoms with Gasteiger partial charge in [-0.15, -0.1) is 0 Å². The summed E-state index contributed by atoms with van der Waals surface area (Å²) in [6.45, 7) is 3.80. The SMILES string of the molecule is COc1ccc(OC)c(-c2ncnc(Oc3cccnc3C)c2C)c1. The minimum atomic E-state index is 0.478.